The van der Waals surface area contributed by atoms with Crippen molar-refractivity contribution < 1.29 is 22.3 Å². The zero-order valence-corrected chi connectivity index (χ0v) is 28.2. The lowest BCUT2D eigenvalue weighted by molar-refractivity contribution is 0.303. The highest BCUT2D eigenvalue weighted by atomic mass is 79.9. The minimum atomic E-state index is -3.07. The quantitative estimate of drug-likeness (QED) is 0.118. The summed E-state index contributed by atoms with van der Waals surface area (Å²) < 4.78 is 49.9. The molecule has 0 radical (unpaired) electrons. The van der Waals surface area contributed by atoms with E-state index in [0.717, 1.165) is 37.4 Å². The summed E-state index contributed by atoms with van der Waals surface area (Å²) in [6.07, 6.45) is 2.17. The molecular formula is C32H33BrFN5O4S2. The van der Waals surface area contributed by atoms with Crippen LogP contribution in [0.1, 0.15) is 24.4 Å². The Morgan fingerprint density at radius 3 is 2.64 bits per heavy atom. The van der Waals surface area contributed by atoms with Crippen molar-refractivity contribution in [2.24, 2.45) is 0 Å². The Balaban J connectivity index is 1.29. The van der Waals surface area contributed by atoms with E-state index < -0.39 is 9.84 Å². The van der Waals surface area contributed by atoms with Crippen molar-refractivity contribution in [1.82, 2.24) is 20.3 Å². The first kappa shape index (κ1) is 32.7. The van der Waals surface area contributed by atoms with Crippen LogP contribution in [0.2, 0.25) is 0 Å². The molecule has 0 aliphatic rings. The lowest BCUT2D eigenvalue weighted by atomic mass is 10.1. The van der Waals surface area contributed by atoms with Crippen LogP contribution in [-0.4, -0.2) is 54.6 Å². The Labute approximate surface area is 274 Å². The molecular weight excluding hydrogens is 681 g/mol. The van der Waals surface area contributed by atoms with Crippen LogP contribution >= 0.6 is 27.3 Å². The Morgan fingerprint density at radius 2 is 1.89 bits per heavy atom. The van der Waals surface area contributed by atoms with E-state index in [1.165, 1.54) is 18.5 Å². The minimum Gasteiger partial charge on any atom is -0.496 e. The third-order valence-corrected chi connectivity index (χ3v) is 10.8. The number of nitrogens with one attached hydrogen (secondary N) is 2. The van der Waals surface area contributed by atoms with Crippen LogP contribution in [0.5, 0.6) is 11.5 Å². The average Bonchev–Trinajstić information content (AvgIpc) is 3.48. The maximum absolute atomic E-state index is 13.5. The van der Waals surface area contributed by atoms with E-state index in [1.54, 1.807) is 38.4 Å². The zero-order valence-electron chi connectivity index (χ0n) is 25.0. The smallest absolute Gasteiger partial charge is 0.153 e. The molecule has 2 heterocycles. The number of rotatable bonds is 14. The molecule has 13 heteroatoms. The number of benzene rings is 3. The van der Waals surface area contributed by atoms with Crippen molar-refractivity contribution in [2.75, 3.05) is 31.3 Å². The molecule has 0 aliphatic carbocycles. The Morgan fingerprint density at radius 1 is 1.04 bits per heavy atom. The van der Waals surface area contributed by atoms with E-state index in [0.29, 0.717) is 42.3 Å². The third kappa shape index (κ3) is 8.34. The van der Waals surface area contributed by atoms with Gasteiger partial charge in [0.1, 0.15) is 36.1 Å². The normalized spacial score (nSPS) is 11.7. The van der Waals surface area contributed by atoms with Crippen LogP contribution in [0.15, 0.2) is 70.8 Å². The van der Waals surface area contributed by atoms with Gasteiger partial charge < -0.3 is 20.1 Å². The number of ether oxygens (including phenoxy) is 2. The van der Waals surface area contributed by atoms with Crippen LogP contribution in [0.3, 0.4) is 0 Å². The first-order valence-electron chi connectivity index (χ1n) is 14.3. The van der Waals surface area contributed by atoms with Gasteiger partial charge in [-0.25, -0.2) is 27.8 Å². The van der Waals surface area contributed by atoms with Gasteiger partial charge in [-0.1, -0.05) is 12.1 Å². The molecule has 0 aliphatic heterocycles. The number of hydrogen-bond acceptors (Lipinski definition) is 10. The summed E-state index contributed by atoms with van der Waals surface area (Å²) in [5.74, 6) is 1.69. The van der Waals surface area contributed by atoms with Gasteiger partial charge >= 0.3 is 0 Å². The van der Waals surface area contributed by atoms with Crippen molar-refractivity contribution in [3.63, 3.8) is 0 Å². The molecule has 45 heavy (non-hydrogen) atoms. The van der Waals surface area contributed by atoms with Gasteiger partial charge in [0.2, 0.25) is 0 Å². The summed E-state index contributed by atoms with van der Waals surface area (Å²) in [4.78, 5) is 13.8. The number of halogens is 2. The van der Waals surface area contributed by atoms with Gasteiger partial charge in [-0.3, -0.25) is 0 Å². The molecule has 0 amide bonds. The van der Waals surface area contributed by atoms with Crippen molar-refractivity contribution >= 4 is 59.5 Å². The van der Waals surface area contributed by atoms with Gasteiger partial charge in [0.25, 0.3) is 0 Å². The van der Waals surface area contributed by atoms with Crippen LogP contribution in [-0.2, 0) is 22.9 Å². The second kappa shape index (κ2) is 14.6. The lowest BCUT2D eigenvalue weighted by Crippen LogP contribution is -2.28. The molecule has 2 aromatic heterocycles. The molecule has 0 fully saturated rings. The number of nitrogens with zero attached hydrogens (tertiary/aromatic N) is 3. The highest BCUT2D eigenvalue weighted by Crippen LogP contribution is 2.37. The van der Waals surface area contributed by atoms with Crippen molar-refractivity contribution in [2.45, 2.75) is 32.1 Å². The number of fused-ring (bicyclic) bond motifs is 1. The van der Waals surface area contributed by atoms with E-state index in [4.69, 9.17) is 14.5 Å². The van der Waals surface area contributed by atoms with E-state index in [2.05, 4.69) is 36.5 Å². The first-order chi connectivity index (χ1) is 21.6. The van der Waals surface area contributed by atoms with Gasteiger partial charge in [0, 0.05) is 47.6 Å². The molecule has 0 spiro atoms. The molecule has 2 N–H and O–H groups in total. The number of aromatic nitrogens is 3. The maximum Gasteiger partial charge on any atom is 0.153 e. The van der Waals surface area contributed by atoms with Crippen LogP contribution < -0.4 is 20.1 Å². The summed E-state index contributed by atoms with van der Waals surface area (Å²) in [5, 5.41) is 9.92. The summed E-state index contributed by atoms with van der Waals surface area (Å²) >= 11 is 5.12. The highest BCUT2D eigenvalue weighted by Gasteiger charge is 2.17. The fourth-order valence-corrected chi connectivity index (χ4v) is 6.68. The topological polar surface area (TPSA) is 115 Å². The van der Waals surface area contributed by atoms with E-state index in [1.807, 2.05) is 41.8 Å². The largest absolute Gasteiger partial charge is 0.496 e. The Kier molecular flexibility index (Phi) is 10.6. The molecule has 0 bridgehead atoms. The average molecular weight is 715 g/mol. The lowest BCUT2D eigenvalue weighted by Gasteiger charge is -2.13. The first-order valence-corrected chi connectivity index (χ1v) is 17.7. The van der Waals surface area contributed by atoms with Crippen LogP contribution in [0.4, 0.5) is 15.9 Å². The molecule has 236 valence electrons. The highest BCUT2D eigenvalue weighted by molar-refractivity contribution is 9.10. The van der Waals surface area contributed by atoms with Gasteiger partial charge in [0.05, 0.1) is 38.8 Å². The molecule has 0 saturated heterocycles. The Bertz CT molecular complexity index is 1900. The molecule has 0 atom stereocenters. The summed E-state index contributed by atoms with van der Waals surface area (Å²) in [5.41, 5.74) is 3.80. The monoisotopic (exact) mass is 713 g/mol. The SMILES string of the molecule is COc1cc2ncnc(Nc3ccc(OCc4cccc(F)c4)c(Br)c3)c2cc1-c1csc(CCNCCS(=O)(=O)C(C)C)n1. The standard InChI is InChI=1S/C32H33BrFN5O4S2/c1-20(2)45(40,41)12-11-35-10-9-31-39-28(18-44-31)24-15-25-27(16-30(24)42-3)36-19-37-32(25)38-23-7-8-29(26(33)14-23)43-17-21-5-4-6-22(34)13-21/h4-8,13-16,18-20,35H,9-12,17H2,1-3H3,(H,36,37,38). The predicted octanol–water partition coefficient (Wildman–Crippen LogP) is 6.94. The number of anilines is 2. The van der Waals surface area contributed by atoms with Gasteiger partial charge in [-0.2, -0.15) is 0 Å². The van der Waals surface area contributed by atoms with Gasteiger partial charge in [-0.05, 0) is 71.7 Å². The molecule has 0 saturated carbocycles. The second-order valence-corrected chi connectivity index (χ2v) is 15.0. The van der Waals surface area contributed by atoms with Gasteiger partial charge in [0.15, 0.2) is 9.84 Å². The van der Waals surface area contributed by atoms with E-state index in [-0.39, 0.29) is 23.4 Å². The van der Waals surface area contributed by atoms with Gasteiger partial charge in [-0.15, -0.1) is 11.3 Å². The Hall–Kier alpha value is -3.65. The van der Waals surface area contributed by atoms with Crippen LogP contribution in [0.25, 0.3) is 22.2 Å². The molecule has 9 nitrogen and oxygen atoms in total. The third-order valence-electron chi connectivity index (χ3n) is 7.06. The second-order valence-electron chi connectivity index (χ2n) is 10.5. The number of sulfone groups is 1. The molecule has 3 aromatic carbocycles. The van der Waals surface area contributed by atoms with E-state index in [9.17, 15) is 12.8 Å². The molecule has 5 rings (SSSR count). The van der Waals surface area contributed by atoms with Crippen LogP contribution in [0, 0.1) is 5.82 Å². The van der Waals surface area contributed by atoms with Crippen molar-refractivity contribution in [3.05, 3.63) is 87.2 Å². The zero-order chi connectivity index (χ0) is 32.0. The van der Waals surface area contributed by atoms with Crippen molar-refractivity contribution in [3.8, 4) is 22.8 Å². The summed E-state index contributed by atoms with van der Waals surface area (Å²) in [6, 6.07) is 15.7. The fraction of sp³-hybridized carbons (Fsp3) is 0.281. The van der Waals surface area contributed by atoms with Crippen molar-refractivity contribution in [1.29, 1.82) is 0 Å². The number of hydrogen-bond donors (Lipinski definition) is 2. The minimum absolute atomic E-state index is 0.117. The predicted molar refractivity (Wildman–Crippen MR) is 181 cm³/mol. The fourth-order valence-electron chi connectivity index (χ4n) is 4.49. The molecule has 5 aromatic rings. The summed E-state index contributed by atoms with van der Waals surface area (Å²) in [6.45, 7) is 4.67. The number of methoxy groups -OCH3 is 1. The number of thiazole rings is 1. The van der Waals surface area contributed by atoms with E-state index >= 15 is 0 Å². The maximum atomic E-state index is 13.5. The summed E-state index contributed by atoms with van der Waals surface area (Å²) in [7, 11) is -1.45. The molecule has 0 unspecified atom stereocenters.